The molecule has 2 aromatic rings. The predicted octanol–water partition coefficient (Wildman–Crippen LogP) is 0.559. The number of carbonyl (C=O) groups excluding carboxylic acids is 1. The predicted molar refractivity (Wildman–Crippen MR) is 130 cm³/mol. The van der Waals surface area contributed by atoms with E-state index < -0.39 is 30.3 Å². The molecule has 1 fully saturated rings. The van der Waals surface area contributed by atoms with Crippen LogP contribution in [-0.2, 0) is 16.3 Å². The maximum Gasteiger partial charge on any atom is 0.252 e. The van der Waals surface area contributed by atoms with E-state index >= 15 is 0 Å². The van der Waals surface area contributed by atoms with Crippen molar-refractivity contribution < 1.29 is 24.9 Å². The van der Waals surface area contributed by atoms with Crippen molar-refractivity contribution >= 4 is 22.9 Å². The summed E-state index contributed by atoms with van der Waals surface area (Å²) in [5, 5.41) is 33.2. The van der Waals surface area contributed by atoms with Crippen LogP contribution in [0, 0.1) is 23.2 Å². The molecule has 11 heteroatoms. The molecule has 1 amide bonds. The van der Waals surface area contributed by atoms with E-state index in [1.165, 1.54) is 10.9 Å². The maximum atomic E-state index is 12.2. The van der Waals surface area contributed by atoms with Gasteiger partial charge in [-0.1, -0.05) is 33.1 Å². The van der Waals surface area contributed by atoms with E-state index in [2.05, 4.69) is 52.9 Å². The number of likely N-dealkylation sites (N-methyl/N-ethyl adjacent to an activating group) is 1. The van der Waals surface area contributed by atoms with Crippen molar-refractivity contribution in [1.82, 2.24) is 24.8 Å². The van der Waals surface area contributed by atoms with Crippen LogP contribution >= 0.6 is 0 Å². The molecule has 2 aromatic heterocycles. The van der Waals surface area contributed by atoms with Crippen LogP contribution in [0.25, 0.3) is 11.2 Å². The van der Waals surface area contributed by atoms with E-state index in [4.69, 9.17) is 10.5 Å². The topological polar surface area (TPSA) is 169 Å². The van der Waals surface area contributed by atoms with Gasteiger partial charge in [-0.05, 0) is 37.5 Å². The van der Waals surface area contributed by atoms with Crippen molar-refractivity contribution in [2.75, 3.05) is 18.9 Å². The number of aliphatic hydroxyl groups is 3. The number of nitrogens with one attached hydrogen (secondary N) is 1. The molecule has 3 rings (SSSR count). The van der Waals surface area contributed by atoms with Gasteiger partial charge in [-0.3, -0.25) is 9.36 Å². The van der Waals surface area contributed by atoms with Crippen LogP contribution in [0.15, 0.2) is 6.33 Å². The van der Waals surface area contributed by atoms with E-state index in [9.17, 15) is 20.1 Å². The number of nitrogens with two attached hydrogens (primary N) is 1. The van der Waals surface area contributed by atoms with Crippen molar-refractivity contribution in [2.24, 2.45) is 11.3 Å². The molecule has 3 unspecified atom stereocenters. The number of carbonyl (C=O) groups is 1. The van der Waals surface area contributed by atoms with Gasteiger partial charge < -0.3 is 31.1 Å². The number of hydrogen-bond donors (Lipinski definition) is 5. The van der Waals surface area contributed by atoms with Crippen LogP contribution in [0.1, 0.15) is 59.2 Å². The third kappa shape index (κ3) is 6.08. The lowest BCUT2D eigenvalue weighted by Gasteiger charge is -2.43. The van der Waals surface area contributed by atoms with Gasteiger partial charge in [0.15, 0.2) is 17.6 Å². The number of nitrogens with zero attached hydrogens (tertiary/aromatic N) is 4. The van der Waals surface area contributed by atoms with Crippen LogP contribution < -0.4 is 11.1 Å². The van der Waals surface area contributed by atoms with Gasteiger partial charge in [-0.25, -0.2) is 15.0 Å². The monoisotopic (exact) mass is 488 g/mol. The summed E-state index contributed by atoms with van der Waals surface area (Å²) >= 11 is 0. The summed E-state index contributed by atoms with van der Waals surface area (Å²) in [6.07, 6.45) is 2.18. The molecule has 2 heterocycles. The van der Waals surface area contributed by atoms with E-state index in [0.717, 1.165) is 19.3 Å². The fourth-order valence-electron chi connectivity index (χ4n) is 4.63. The molecular weight excluding hydrogens is 452 g/mol. The Morgan fingerprint density at radius 3 is 2.80 bits per heavy atom. The highest BCUT2D eigenvalue weighted by Crippen LogP contribution is 2.44. The van der Waals surface area contributed by atoms with Crippen molar-refractivity contribution in [3.8, 4) is 11.8 Å². The van der Waals surface area contributed by atoms with Crippen molar-refractivity contribution in [3.05, 3.63) is 12.2 Å². The molecule has 192 valence electrons. The molecule has 1 aliphatic rings. The number of fused-ring (bicyclic) bond motifs is 1. The lowest BCUT2D eigenvalue weighted by atomic mass is 9.64. The molecule has 4 atom stereocenters. The minimum Gasteiger partial charge on any atom is -0.394 e. The molecule has 11 nitrogen and oxygen atoms in total. The number of ether oxygens (including phenoxy) is 1. The van der Waals surface area contributed by atoms with Crippen LogP contribution in [0.3, 0.4) is 0 Å². The number of hydrogen-bond acceptors (Lipinski definition) is 9. The molecule has 0 saturated heterocycles. The summed E-state index contributed by atoms with van der Waals surface area (Å²) in [6, 6.07) is 0. The van der Waals surface area contributed by atoms with Crippen LogP contribution in [0.4, 0.5) is 5.82 Å². The minimum absolute atomic E-state index is 0.0143. The minimum atomic E-state index is -1.40. The normalized spacial score (nSPS) is 22.3. The third-order valence-electron chi connectivity index (χ3n) is 6.34. The van der Waals surface area contributed by atoms with Crippen molar-refractivity contribution in [2.45, 2.75) is 77.9 Å². The highest BCUT2D eigenvalue weighted by atomic mass is 16.5. The lowest BCUT2D eigenvalue weighted by Crippen LogP contribution is -2.45. The molecule has 1 saturated carbocycles. The first-order chi connectivity index (χ1) is 16.5. The number of amides is 1. The number of aromatic nitrogens is 4. The second-order valence-corrected chi connectivity index (χ2v) is 10.0. The Bertz CT molecular complexity index is 1100. The molecule has 0 aromatic carbocycles. The smallest absolute Gasteiger partial charge is 0.252 e. The maximum absolute atomic E-state index is 12.2. The summed E-state index contributed by atoms with van der Waals surface area (Å²) in [4.78, 5) is 25.1. The Morgan fingerprint density at radius 2 is 2.14 bits per heavy atom. The lowest BCUT2D eigenvalue weighted by molar-refractivity contribution is -0.147. The number of nitrogen functional groups attached to an aromatic ring is 1. The van der Waals surface area contributed by atoms with Crippen molar-refractivity contribution in [1.29, 1.82) is 0 Å². The average molecular weight is 489 g/mol. The van der Waals surface area contributed by atoms with Crippen LogP contribution in [0.2, 0.25) is 0 Å². The van der Waals surface area contributed by atoms with Crippen LogP contribution in [-0.4, -0.2) is 71.7 Å². The van der Waals surface area contributed by atoms with Gasteiger partial charge in [0.2, 0.25) is 5.82 Å². The van der Waals surface area contributed by atoms with E-state index in [1.807, 2.05) is 0 Å². The van der Waals surface area contributed by atoms with Crippen molar-refractivity contribution in [3.63, 3.8) is 0 Å². The number of imidazole rings is 1. The number of aliphatic hydroxyl groups excluding tert-OH is 2. The first-order valence-electron chi connectivity index (χ1n) is 11.9. The fraction of sp³-hybridized carbons (Fsp3) is 0.667. The number of anilines is 1. The summed E-state index contributed by atoms with van der Waals surface area (Å²) in [5.74, 6) is 5.67. The number of rotatable bonds is 7. The fourth-order valence-corrected chi connectivity index (χ4v) is 4.63. The molecule has 6 N–H and O–H groups in total. The highest BCUT2D eigenvalue weighted by Gasteiger charge is 2.43. The molecular formula is C24H36N6O5. The van der Waals surface area contributed by atoms with E-state index in [-0.39, 0.29) is 29.7 Å². The van der Waals surface area contributed by atoms with Crippen LogP contribution in [0.5, 0.6) is 0 Å². The van der Waals surface area contributed by atoms with Gasteiger partial charge in [0, 0.05) is 12.5 Å². The van der Waals surface area contributed by atoms with Gasteiger partial charge in [-0.15, -0.1) is 0 Å². The van der Waals surface area contributed by atoms with Gasteiger partial charge in [0.05, 0.1) is 12.9 Å². The van der Waals surface area contributed by atoms with E-state index in [0.29, 0.717) is 24.1 Å². The van der Waals surface area contributed by atoms with Gasteiger partial charge in [-0.2, -0.15) is 0 Å². The quantitative estimate of drug-likeness (QED) is 0.350. The second-order valence-electron chi connectivity index (χ2n) is 10.0. The Balaban J connectivity index is 1.89. The first-order valence-corrected chi connectivity index (χ1v) is 11.9. The highest BCUT2D eigenvalue weighted by molar-refractivity contribution is 5.82. The summed E-state index contributed by atoms with van der Waals surface area (Å²) in [7, 11) is 0. The zero-order valence-corrected chi connectivity index (χ0v) is 20.8. The van der Waals surface area contributed by atoms with Gasteiger partial charge in [0.1, 0.15) is 24.0 Å². The summed E-state index contributed by atoms with van der Waals surface area (Å²) in [6.45, 7) is 7.58. The van der Waals surface area contributed by atoms with Gasteiger partial charge in [0.25, 0.3) is 5.91 Å². The van der Waals surface area contributed by atoms with Gasteiger partial charge >= 0.3 is 0 Å². The molecule has 0 aliphatic heterocycles. The Hall–Kier alpha value is -2.78. The van der Waals surface area contributed by atoms with E-state index in [1.54, 1.807) is 6.92 Å². The summed E-state index contributed by atoms with van der Waals surface area (Å²) < 4.78 is 7.09. The Labute approximate surface area is 205 Å². The zero-order chi connectivity index (χ0) is 25.8. The summed E-state index contributed by atoms with van der Waals surface area (Å²) in [5.41, 5.74) is 5.50. The molecule has 0 bridgehead atoms. The second kappa shape index (κ2) is 10.9. The molecule has 0 spiro atoms. The third-order valence-corrected chi connectivity index (χ3v) is 6.34. The molecule has 1 aliphatic carbocycles. The average Bonchev–Trinajstić information content (AvgIpc) is 3.21. The largest absolute Gasteiger partial charge is 0.394 e. The Morgan fingerprint density at radius 1 is 1.40 bits per heavy atom. The molecule has 0 radical (unpaired) electrons. The Kier molecular flexibility index (Phi) is 8.33. The standard InChI is InChI=1S/C24H36N6O5/c1-5-26-22(33)19(15(32)12-31)35-14-30-13-27-18-20(25)28-17(29-21(18)30)9-11-24(34)10-7-6-8-16(24)23(2,3)4/h13,15-16,19,31-32,34H,5-8,10,12,14H2,1-4H3,(H,26,33)(H2,25,28,29)/t15?,16?,19-,24?/m0/s1. The molecule has 35 heavy (non-hydrogen) atoms. The zero-order valence-electron chi connectivity index (χ0n) is 20.8. The first kappa shape index (κ1) is 26.8. The SMILES string of the molecule is CCNC(=O)[C@@H](OCn1cnc2c(N)nc(C#CC3(O)CCCCC3C(C)(C)C)nc21)C(O)CO.